The third kappa shape index (κ3) is 2.59. The molecule has 0 spiro atoms. The van der Waals surface area contributed by atoms with Gasteiger partial charge < -0.3 is 4.74 Å². The van der Waals surface area contributed by atoms with Gasteiger partial charge in [-0.3, -0.25) is 4.99 Å². The summed E-state index contributed by atoms with van der Waals surface area (Å²) >= 11 is 0. The summed E-state index contributed by atoms with van der Waals surface area (Å²) in [7, 11) is 0. The van der Waals surface area contributed by atoms with E-state index in [0.29, 0.717) is 6.61 Å². The van der Waals surface area contributed by atoms with E-state index < -0.39 is 5.54 Å². The molecule has 2 aromatic rings. The Labute approximate surface area is 136 Å². The Morgan fingerprint density at radius 3 is 2.26 bits per heavy atom. The van der Waals surface area contributed by atoms with Gasteiger partial charge in [-0.1, -0.05) is 60.7 Å². The van der Waals surface area contributed by atoms with Crippen LogP contribution in [0, 0.1) is 0 Å². The Kier molecular flexibility index (Phi) is 4.11. The maximum atomic E-state index is 12.8. The van der Waals surface area contributed by atoms with E-state index in [9.17, 15) is 4.79 Å². The first-order valence-electron chi connectivity index (χ1n) is 7.75. The third-order valence-electron chi connectivity index (χ3n) is 4.04. The van der Waals surface area contributed by atoms with E-state index in [1.807, 2.05) is 80.6 Å². The molecule has 3 heteroatoms. The number of hydrogen-bond acceptors (Lipinski definition) is 3. The van der Waals surface area contributed by atoms with Crippen molar-refractivity contribution in [1.82, 2.24) is 0 Å². The van der Waals surface area contributed by atoms with E-state index in [4.69, 9.17) is 9.73 Å². The summed E-state index contributed by atoms with van der Waals surface area (Å²) in [5, 5.41) is 0. The molecule has 0 aliphatic carbocycles. The van der Waals surface area contributed by atoms with Crippen LogP contribution in [0.15, 0.2) is 77.3 Å². The van der Waals surface area contributed by atoms with Crippen LogP contribution in [0.1, 0.15) is 25.0 Å². The van der Waals surface area contributed by atoms with E-state index >= 15 is 0 Å². The van der Waals surface area contributed by atoms with Crippen molar-refractivity contribution < 1.29 is 9.53 Å². The van der Waals surface area contributed by atoms with E-state index in [-0.39, 0.29) is 5.97 Å². The Morgan fingerprint density at radius 1 is 1.04 bits per heavy atom. The maximum absolute atomic E-state index is 12.8. The predicted molar refractivity (Wildman–Crippen MR) is 91.5 cm³/mol. The van der Waals surface area contributed by atoms with Crippen molar-refractivity contribution in [1.29, 1.82) is 0 Å². The van der Waals surface area contributed by atoms with E-state index in [1.54, 1.807) is 0 Å². The zero-order valence-electron chi connectivity index (χ0n) is 13.3. The van der Waals surface area contributed by atoms with Gasteiger partial charge in [0.15, 0.2) is 0 Å². The lowest BCUT2D eigenvalue weighted by atomic mass is 9.85. The van der Waals surface area contributed by atoms with Crippen molar-refractivity contribution in [3.8, 4) is 0 Å². The molecular weight excluding hydrogens is 286 g/mol. The largest absolute Gasteiger partial charge is 0.464 e. The highest BCUT2D eigenvalue weighted by Crippen LogP contribution is 2.40. The fourth-order valence-corrected chi connectivity index (χ4v) is 2.90. The van der Waals surface area contributed by atoms with E-state index in [2.05, 4.69) is 0 Å². The molecule has 0 amide bonds. The van der Waals surface area contributed by atoms with Crippen LogP contribution < -0.4 is 0 Å². The highest BCUT2D eigenvalue weighted by Gasteiger charge is 2.46. The lowest BCUT2D eigenvalue weighted by Gasteiger charge is -2.26. The Hall–Kier alpha value is -2.68. The molecule has 0 bridgehead atoms. The van der Waals surface area contributed by atoms with Crippen molar-refractivity contribution in [2.24, 2.45) is 4.99 Å². The second-order valence-electron chi connectivity index (χ2n) is 5.49. The number of aliphatic imine (C=N–C) groups is 1. The summed E-state index contributed by atoms with van der Waals surface area (Å²) in [4.78, 5) is 17.6. The van der Waals surface area contributed by atoms with Gasteiger partial charge in [0.05, 0.1) is 12.3 Å². The number of esters is 1. The number of carbonyl (C=O) groups is 1. The summed E-state index contributed by atoms with van der Waals surface area (Å²) < 4.78 is 5.35. The highest BCUT2D eigenvalue weighted by atomic mass is 16.5. The molecule has 0 fully saturated rings. The lowest BCUT2D eigenvalue weighted by Crippen LogP contribution is -2.35. The predicted octanol–water partition coefficient (Wildman–Crippen LogP) is 3.89. The van der Waals surface area contributed by atoms with Gasteiger partial charge in [-0.2, -0.15) is 0 Å². The molecule has 0 radical (unpaired) electrons. The molecular formula is C20H19NO2. The molecule has 1 heterocycles. The molecule has 0 saturated carbocycles. The molecule has 0 aromatic heterocycles. The van der Waals surface area contributed by atoms with Crippen molar-refractivity contribution >= 4 is 11.7 Å². The smallest absolute Gasteiger partial charge is 0.343 e. The second-order valence-corrected chi connectivity index (χ2v) is 5.49. The second kappa shape index (κ2) is 6.21. The van der Waals surface area contributed by atoms with Crippen LogP contribution in [0.25, 0.3) is 0 Å². The van der Waals surface area contributed by atoms with Crippen LogP contribution >= 0.6 is 0 Å². The Balaban J connectivity index is 2.16. The van der Waals surface area contributed by atoms with E-state index in [1.165, 1.54) is 0 Å². The first kappa shape index (κ1) is 15.2. The van der Waals surface area contributed by atoms with Gasteiger partial charge in [-0.25, -0.2) is 4.79 Å². The molecule has 1 aliphatic heterocycles. The molecule has 1 atom stereocenters. The van der Waals surface area contributed by atoms with Gasteiger partial charge in [-0.05, 0) is 36.6 Å². The Bertz CT molecular complexity index is 763. The van der Waals surface area contributed by atoms with Crippen molar-refractivity contribution in [3.05, 3.63) is 83.4 Å². The molecule has 1 aliphatic rings. The van der Waals surface area contributed by atoms with Crippen molar-refractivity contribution in [2.45, 2.75) is 19.4 Å². The van der Waals surface area contributed by atoms with Crippen LogP contribution in [0.3, 0.4) is 0 Å². The normalized spacial score (nSPS) is 19.9. The quantitative estimate of drug-likeness (QED) is 0.804. The van der Waals surface area contributed by atoms with Crippen LogP contribution in [0.4, 0.5) is 0 Å². The molecule has 0 saturated heterocycles. The van der Waals surface area contributed by atoms with E-state index in [0.717, 1.165) is 22.4 Å². The molecule has 2 aromatic carbocycles. The molecule has 1 unspecified atom stereocenters. The average Bonchev–Trinajstić information content (AvgIpc) is 2.95. The van der Waals surface area contributed by atoms with Gasteiger partial charge in [0.1, 0.15) is 0 Å². The van der Waals surface area contributed by atoms with Crippen molar-refractivity contribution in [3.63, 3.8) is 0 Å². The topological polar surface area (TPSA) is 38.7 Å². The van der Waals surface area contributed by atoms with Crippen LogP contribution in [0.2, 0.25) is 0 Å². The average molecular weight is 305 g/mol. The fraction of sp³-hybridized carbons (Fsp3) is 0.200. The number of allylic oxidation sites excluding steroid dienone is 1. The number of nitrogens with zero attached hydrogens (tertiary/aromatic N) is 1. The first-order valence-corrected chi connectivity index (χ1v) is 7.75. The lowest BCUT2D eigenvalue weighted by molar-refractivity contribution is -0.148. The van der Waals surface area contributed by atoms with Crippen LogP contribution in [-0.2, 0) is 15.1 Å². The third-order valence-corrected chi connectivity index (χ3v) is 4.04. The summed E-state index contributed by atoms with van der Waals surface area (Å²) in [5.74, 6) is -0.328. The highest BCUT2D eigenvalue weighted by molar-refractivity contribution is 6.13. The molecule has 0 N–H and O–H groups in total. The fourth-order valence-electron chi connectivity index (χ4n) is 2.90. The minimum atomic E-state index is -1.08. The van der Waals surface area contributed by atoms with Crippen molar-refractivity contribution in [2.75, 3.05) is 6.61 Å². The number of carbonyl (C=O) groups excluding carboxylic acids is 1. The maximum Gasteiger partial charge on any atom is 0.343 e. The van der Waals surface area contributed by atoms with Gasteiger partial charge >= 0.3 is 5.97 Å². The minimum absolute atomic E-state index is 0.328. The summed E-state index contributed by atoms with van der Waals surface area (Å²) in [5.41, 5.74) is 2.43. The van der Waals surface area contributed by atoms with Crippen LogP contribution in [0.5, 0.6) is 0 Å². The number of benzene rings is 2. The minimum Gasteiger partial charge on any atom is -0.464 e. The molecule has 23 heavy (non-hydrogen) atoms. The number of ether oxygens (including phenoxy) is 1. The monoisotopic (exact) mass is 305 g/mol. The molecule has 3 nitrogen and oxygen atoms in total. The van der Waals surface area contributed by atoms with Gasteiger partial charge in [0.2, 0.25) is 5.54 Å². The van der Waals surface area contributed by atoms with Gasteiger partial charge in [-0.15, -0.1) is 0 Å². The summed E-state index contributed by atoms with van der Waals surface area (Å²) in [6.07, 6.45) is 1.97. The number of rotatable bonds is 4. The summed E-state index contributed by atoms with van der Waals surface area (Å²) in [6, 6.07) is 19.5. The first-order chi connectivity index (χ1) is 11.2. The summed E-state index contributed by atoms with van der Waals surface area (Å²) in [6.45, 7) is 4.08. The molecule has 3 rings (SSSR count). The number of hydrogen-bond donors (Lipinski definition) is 0. The standard InChI is InChI=1S/C20H19NO2/c1-3-23-19(22)20(17-12-8-5-9-13-17)15(2)14-18(21-20)16-10-6-4-7-11-16/h4-14H,3H2,1-2H3. The van der Waals surface area contributed by atoms with Gasteiger partial charge in [0, 0.05) is 0 Å². The Morgan fingerprint density at radius 2 is 1.65 bits per heavy atom. The van der Waals surface area contributed by atoms with Crippen LogP contribution in [-0.4, -0.2) is 18.3 Å². The zero-order valence-corrected chi connectivity index (χ0v) is 13.3. The van der Waals surface area contributed by atoms with Gasteiger partial charge in [0.25, 0.3) is 0 Å². The molecule has 116 valence electrons. The SMILES string of the molecule is CCOC(=O)C1(c2ccccc2)N=C(c2ccccc2)C=C1C. The zero-order chi connectivity index (χ0) is 16.3.